The molecule has 22 heavy (non-hydrogen) atoms. The lowest BCUT2D eigenvalue weighted by molar-refractivity contribution is 0.0742. The maximum Gasteiger partial charge on any atom is 0.404 e. The Bertz CT molecular complexity index is 714. The highest BCUT2D eigenvalue weighted by Crippen LogP contribution is 2.32. The average Bonchev–Trinajstić information content (AvgIpc) is 2.47. The number of rotatable bonds is 4. The lowest BCUT2D eigenvalue weighted by Crippen LogP contribution is -2.42. The molecule has 0 saturated heterocycles. The first kappa shape index (κ1) is 16.3. The molecular formula is C14H11BrF2N2O3. The highest BCUT2D eigenvalue weighted by atomic mass is 79.9. The molecule has 3 N–H and O–H groups in total. The fraction of sp³-hybridized carbons (Fsp3) is 0.143. The number of nitrogens with zero attached hydrogens (tertiary/aromatic N) is 1. The van der Waals surface area contributed by atoms with Crippen LogP contribution in [0, 0.1) is 11.6 Å². The maximum absolute atomic E-state index is 14.0. The van der Waals surface area contributed by atoms with E-state index in [4.69, 9.17) is 5.11 Å². The molecule has 8 heteroatoms. The number of nitrogens with one attached hydrogen (secondary N) is 1. The first-order chi connectivity index (χ1) is 10.3. The summed E-state index contributed by atoms with van der Waals surface area (Å²) >= 11 is 3.16. The van der Waals surface area contributed by atoms with Crippen molar-refractivity contribution in [2.24, 2.45) is 0 Å². The van der Waals surface area contributed by atoms with Gasteiger partial charge in [0.25, 0.3) is 0 Å². The van der Waals surface area contributed by atoms with Gasteiger partial charge < -0.3 is 15.5 Å². The molecule has 0 fully saturated rings. The van der Waals surface area contributed by atoms with E-state index in [1.165, 1.54) is 18.5 Å². The Labute approximate surface area is 132 Å². The molecule has 1 heterocycles. The van der Waals surface area contributed by atoms with E-state index in [0.29, 0.717) is 4.47 Å². The van der Waals surface area contributed by atoms with Crippen LogP contribution >= 0.6 is 15.9 Å². The summed E-state index contributed by atoms with van der Waals surface area (Å²) in [5, 5.41) is 21.6. The van der Waals surface area contributed by atoms with Gasteiger partial charge in [-0.25, -0.2) is 13.6 Å². The molecule has 1 aromatic carbocycles. The van der Waals surface area contributed by atoms with Crippen LogP contribution in [-0.4, -0.2) is 27.8 Å². The van der Waals surface area contributed by atoms with Crippen LogP contribution < -0.4 is 5.32 Å². The van der Waals surface area contributed by atoms with Crippen LogP contribution in [0.5, 0.6) is 0 Å². The SMILES string of the molecule is O=C(O)NCC(O)(c1cncc(Br)c1)c1cc(F)ccc1F. The van der Waals surface area contributed by atoms with E-state index in [2.05, 4.69) is 20.9 Å². The van der Waals surface area contributed by atoms with Crippen molar-refractivity contribution in [2.45, 2.75) is 5.60 Å². The summed E-state index contributed by atoms with van der Waals surface area (Å²) < 4.78 is 28.0. The second-order valence-electron chi connectivity index (χ2n) is 4.53. The Kier molecular flexibility index (Phi) is 4.72. The number of pyridine rings is 1. The summed E-state index contributed by atoms with van der Waals surface area (Å²) in [6, 6.07) is 4.03. The van der Waals surface area contributed by atoms with Gasteiger partial charge in [0, 0.05) is 28.0 Å². The minimum absolute atomic E-state index is 0.111. The van der Waals surface area contributed by atoms with E-state index >= 15 is 0 Å². The van der Waals surface area contributed by atoms with E-state index < -0.39 is 29.9 Å². The Morgan fingerprint density at radius 3 is 2.68 bits per heavy atom. The maximum atomic E-state index is 14.0. The minimum Gasteiger partial charge on any atom is -0.465 e. The third-order valence-electron chi connectivity index (χ3n) is 3.05. The number of carboxylic acid groups (broad SMARTS) is 1. The average molecular weight is 373 g/mol. The lowest BCUT2D eigenvalue weighted by Gasteiger charge is -2.29. The van der Waals surface area contributed by atoms with Crippen LogP contribution in [0.15, 0.2) is 41.1 Å². The van der Waals surface area contributed by atoms with Gasteiger partial charge in [-0.3, -0.25) is 4.98 Å². The fourth-order valence-electron chi connectivity index (χ4n) is 2.01. The van der Waals surface area contributed by atoms with Crippen molar-refractivity contribution >= 4 is 22.0 Å². The third-order valence-corrected chi connectivity index (χ3v) is 3.49. The molecule has 0 spiro atoms. The monoisotopic (exact) mass is 372 g/mol. The van der Waals surface area contributed by atoms with Crippen molar-refractivity contribution in [3.63, 3.8) is 0 Å². The lowest BCUT2D eigenvalue weighted by atomic mass is 9.86. The minimum atomic E-state index is -2.11. The van der Waals surface area contributed by atoms with E-state index in [-0.39, 0.29) is 11.1 Å². The van der Waals surface area contributed by atoms with Crippen LogP contribution in [0.1, 0.15) is 11.1 Å². The van der Waals surface area contributed by atoms with Gasteiger partial charge in [-0.1, -0.05) is 0 Å². The summed E-state index contributed by atoms with van der Waals surface area (Å²) in [5.74, 6) is -1.62. The standard InChI is InChI=1S/C14H11BrF2N2O3/c15-9-3-8(5-18-6-9)14(22,7-19-13(20)21)11-4-10(16)1-2-12(11)17/h1-6,19,22H,7H2,(H,20,21). The molecule has 1 amide bonds. The zero-order chi connectivity index (χ0) is 16.3. The molecule has 0 aliphatic rings. The van der Waals surface area contributed by atoms with E-state index in [9.17, 15) is 18.7 Å². The molecule has 0 saturated carbocycles. The molecule has 0 aliphatic carbocycles. The first-order valence-electron chi connectivity index (χ1n) is 6.08. The molecular weight excluding hydrogens is 362 g/mol. The zero-order valence-corrected chi connectivity index (χ0v) is 12.6. The summed E-state index contributed by atoms with van der Waals surface area (Å²) in [6.07, 6.45) is 1.29. The van der Waals surface area contributed by atoms with Crippen molar-refractivity contribution in [3.05, 3.63) is 63.9 Å². The van der Waals surface area contributed by atoms with Crippen molar-refractivity contribution < 1.29 is 23.8 Å². The number of aliphatic hydroxyl groups is 1. The fourth-order valence-corrected chi connectivity index (χ4v) is 2.37. The molecule has 5 nitrogen and oxygen atoms in total. The van der Waals surface area contributed by atoms with Crippen molar-refractivity contribution in [2.75, 3.05) is 6.54 Å². The largest absolute Gasteiger partial charge is 0.465 e. The Morgan fingerprint density at radius 1 is 1.32 bits per heavy atom. The van der Waals surface area contributed by atoms with Crippen LogP contribution in [0.25, 0.3) is 0 Å². The quantitative estimate of drug-likeness (QED) is 0.770. The number of benzene rings is 1. The summed E-state index contributed by atoms with van der Waals surface area (Å²) in [7, 11) is 0. The molecule has 0 bridgehead atoms. The van der Waals surface area contributed by atoms with Crippen LogP contribution in [0.3, 0.4) is 0 Å². The number of hydrogen-bond donors (Lipinski definition) is 3. The van der Waals surface area contributed by atoms with Gasteiger partial charge in [0.1, 0.15) is 17.2 Å². The van der Waals surface area contributed by atoms with Gasteiger partial charge in [0.2, 0.25) is 0 Å². The van der Waals surface area contributed by atoms with Gasteiger partial charge in [0.15, 0.2) is 0 Å². The first-order valence-corrected chi connectivity index (χ1v) is 6.88. The molecule has 0 radical (unpaired) electrons. The van der Waals surface area contributed by atoms with Gasteiger partial charge in [0.05, 0.1) is 6.54 Å². The number of halogens is 3. The van der Waals surface area contributed by atoms with E-state index in [1.807, 2.05) is 5.32 Å². The molecule has 2 aromatic rings. The van der Waals surface area contributed by atoms with E-state index in [1.54, 1.807) is 0 Å². The predicted octanol–water partition coefficient (Wildman–Crippen LogP) is 2.63. The van der Waals surface area contributed by atoms with E-state index in [0.717, 1.165) is 18.2 Å². The van der Waals surface area contributed by atoms with Gasteiger partial charge in [-0.05, 0) is 40.2 Å². The number of aromatic nitrogens is 1. The summed E-state index contributed by atoms with van der Waals surface area (Å²) in [6.45, 7) is -0.569. The van der Waals surface area contributed by atoms with Crippen molar-refractivity contribution in [1.29, 1.82) is 0 Å². The van der Waals surface area contributed by atoms with Crippen molar-refractivity contribution in [1.82, 2.24) is 10.3 Å². The van der Waals surface area contributed by atoms with Gasteiger partial charge in [-0.15, -0.1) is 0 Å². The third kappa shape index (κ3) is 3.40. The number of amides is 1. The zero-order valence-electron chi connectivity index (χ0n) is 11.1. The second-order valence-corrected chi connectivity index (χ2v) is 5.45. The van der Waals surface area contributed by atoms with Crippen LogP contribution in [-0.2, 0) is 5.60 Å². The van der Waals surface area contributed by atoms with Gasteiger partial charge >= 0.3 is 6.09 Å². The molecule has 1 atom stereocenters. The second kappa shape index (κ2) is 6.37. The molecule has 2 rings (SSSR count). The summed E-state index contributed by atoms with van der Waals surface area (Å²) in [4.78, 5) is 14.6. The van der Waals surface area contributed by atoms with Crippen LogP contribution in [0.4, 0.5) is 13.6 Å². The molecule has 1 unspecified atom stereocenters. The molecule has 1 aromatic heterocycles. The smallest absolute Gasteiger partial charge is 0.404 e. The molecule has 116 valence electrons. The van der Waals surface area contributed by atoms with Crippen LogP contribution in [0.2, 0.25) is 0 Å². The topological polar surface area (TPSA) is 82.5 Å². The Balaban J connectivity index is 2.59. The van der Waals surface area contributed by atoms with Gasteiger partial charge in [-0.2, -0.15) is 0 Å². The Hall–Kier alpha value is -2.06. The predicted molar refractivity (Wildman–Crippen MR) is 77.3 cm³/mol. The summed E-state index contributed by atoms with van der Waals surface area (Å²) in [5.41, 5.74) is -2.39. The highest BCUT2D eigenvalue weighted by Gasteiger charge is 2.35. The Morgan fingerprint density at radius 2 is 2.05 bits per heavy atom. The number of carbonyl (C=O) groups is 1. The molecule has 0 aliphatic heterocycles. The normalized spacial score (nSPS) is 13.5. The van der Waals surface area contributed by atoms with Crippen molar-refractivity contribution in [3.8, 4) is 0 Å². The highest BCUT2D eigenvalue weighted by molar-refractivity contribution is 9.10. The number of hydrogen-bond acceptors (Lipinski definition) is 3.